The van der Waals surface area contributed by atoms with Crippen LogP contribution in [-0.4, -0.2) is 0 Å². The first-order chi connectivity index (χ1) is 8.97. The van der Waals surface area contributed by atoms with Crippen molar-refractivity contribution in [1.82, 2.24) is 0 Å². The van der Waals surface area contributed by atoms with Crippen molar-refractivity contribution in [2.75, 3.05) is 5.32 Å². The van der Waals surface area contributed by atoms with Gasteiger partial charge in [-0.15, -0.1) is 0 Å². The Kier molecular flexibility index (Phi) is 3.74. The minimum absolute atomic E-state index is 0.133. The summed E-state index contributed by atoms with van der Waals surface area (Å²) in [4.78, 5) is 0. The minimum Gasteiger partial charge on any atom is -0.381 e. The molecule has 1 nitrogen and oxygen atoms in total. The molecule has 19 heavy (non-hydrogen) atoms. The Morgan fingerprint density at radius 1 is 0.947 bits per heavy atom. The van der Waals surface area contributed by atoms with Crippen LogP contribution in [0.2, 0.25) is 0 Å². The third kappa shape index (κ3) is 3.47. The van der Waals surface area contributed by atoms with Crippen LogP contribution in [0.5, 0.6) is 0 Å². The van der Waals surface area contributed by atoms with Crippen molar-refractivity contribution in [1.29, 1.82) is 0 Å². The third-order valence-corrected chi connectivity index (χ3v) is 2.63. The first-order valence-corrected chi connectivity index (χ1v) is 5.61. The lowest BCUT2D eigenvalue weighted by atomic mass is 10.1. The number of halogens is 4. The normalized spacial score (nSPS) is 11.4. The van der Waals surface area contributed by atoms with Crippen molar-refractivity contribution in [3.8, 4) is 0 Å². The van der Waals surface area contributed by atoms with Gasteiger partial charge < -0.3 is 5.32 Å². The van der Waals surface area contributed by atoms with Gasteiger partial charge in [0.15, 0.2) is 0 Å². The van der Waals surface area contributed by atoms with E-state index in [0.29, 0.717) is 11.3 Å². The molecule has 0 heterocycles. The number of alkyl halides is 3. The van der Waals surface area contributed by atoms with Crippen LogP contribution in [-0.2, 0) is 12.7 Å². The van der Waals surface area contributed by atoms with Crippen LogP contribution in [0.25, 0.3) is 0 Å². The molecule has 0 fully saturated rings. The number of rotatable bonds is 3. The van der Waals surface area contributed by atoms with E-state index in [1.165, 1.54) is 18.2 Å². The van der Waals surface area contributed by atoms with Crippen molar-refractivity contribution < 1.29 is 17.6 Å². The first kappa shape index (κ1) is 13.4. The number of hydrogen-bond acceptors (Lipinski definition) is 1. The number of benzene rings is 2. The summed E-state index contributed by atoms with van der Waals surface area (Å²) in [6.07, 6.45) is -4.38. The molecule has 0 aliphatic heterocycles. The van der Waals surface area contributed by atoms with Crippen LogP contribution < -0.4 is 5.32 Å². The van der Waals surface area contributed by atoms with Crippen molar-refractivity contribution >= 4 is 5.69 Å². The van der Waals surface area contributed by atoms with Gasteiger partial charge in [-0.1, -0.05) is 24.3 Å². The Morgan fingerprint density at radius 2 is 1.68 bits per heavy atom. The molecule has 0 aliphatic carbocycles. The summed E-state index contributed by atoms with van der Waals surface area (Å²) in [7, 11) is 0. The molecule has 100 valence electrons. The van der Waals surface area contributed by atoms with Crippen LogP contribution in [0, 0.1) is 5.82 Å². The van der Waals surface area contributed by atoms with Gasteiger partial charge in [0.2, 0.25) is 0 Å². The highest BCUT2D eigenvalue weighted by Gasteiger charge is 2.30. The Labute approximate surface area is 107 Å². The topological polar surface area (TPSA) is 12.0 Å². The maximum Gasteiger partial charge on any atom is 0.416 e. The van der Waals surface area contributed by atoms with E-state index in [9.17, 15) is 17.6 Å². The third-order valence-electron chi connectivity index (χ3n) is 2.63. The highest BCUT2D eigenvalue weighted by molar-refractivity contribution is 5.47. The second-order valence-corrected chi connectivity index (χ2v) is 4.02. The summed E-state index contributed by atoms with van der Waals surface area (Å²) in [6, 6.07) is 10.9. The second kappa shape index (κ2) is 5.30. The summed E-state index contributed by atoms with van der Waals surface area (Å²) in [5.41, 5.74) is -0.0241. The highest BCUT2D eigenvalue weighted by Crippen LogP contribution is 2.30. The molecule has 0 radical (unpaired) electrons. The Balaban J connectivity index is 2.10. The Hall–Kier alpha value is -2.04. The number of anilines is 1. The Bertz CT molecular complexity index is 563. The standard InChI is InChI=1S/C14H11F4N/c15-13-7-2-1-4-10(13)9-19-12-6-3-5-11(8-12)14(16,17)18/h1-8,19H,9H2. The average Bonchev–Trinajstić information content (AvgIpc) is 2.37. The van der Waals surface area contributed by atoms with Crippen LogP contribution in [0.4, 0.5) is 23.2 Å². The quantitative estimate of drug-likeness (QED) is 0.811. The first-order valence-electron chi connectivity index (χ1n) is 5.61. The lowest BCUT2D eigenvalue weighted by molar-refractivity contribution is -0.137. The highest BCUT2D eigenvalue weighted by atomic mass is 19.4. The zero-order chi connectivity index (χ0) is 13.9. The molecule has 5 heteroatoms. The lowest BCUT2D eigenvalue weighted by Gasteiger charge is -2.11. The van der Waals surface area contributed by atoms with E-state index in [-0.39, 0.29) is 12.4 Å². The zero-order valence-corrected chi connectivity index (χ0v) is 9.84. The summed E-state index contributed by atoms with van der Waals surface area (Å²) in [5, 5.41) is 2.77. The second-order valence-electron chi connectivity index (χ2n) is 4.02. The summed E-state index contributed by atoms with van der Waals surface area (Å²) < 4.78 is 50.9. The van der Waals surface area contributed by atoms with Gasteiger partial charge in [0, 0.05) is 17.8 Å². The molecule has 2 aromatic rings. The van der Waals surface area contributed by atoms with Gasteiger partial charge in [0.05, 0.1) is 5.56 Å². The SMILES string of the molecule is Fc1ccccc1CNc1cccc(C(F)(F)F)c1. The fourth-order valence-corrected chi connectivity index (χ4v) is 1.64. The van der Waals surface area contributed by atoms with Crippen molar-refractivity contribution in [3.05, 3.63) is 65.5 Å². The summed E-state index contributed by atoms with van der Waals surface area (Å²) in [6.45, 7) is 0.133. The molecule has 2 aromatic carbocycles. The van der Waals surface area contributed by atoms with Gasteiger partial charge in [-0.25, -0.2) is 4.39 Å². The molecule has 0 unspecified atom stereocenters. The maximum absolute atomic E-state index is 13.3. The van der Waals surface area contributed by atoms with Gasteiger partial charge in [-0.2, -0.15) is 13.2 Å². The van der Waals surface area contributed by atoms with E-state index in [1.807, 2.05) is 0 Å². The maximum atomic E-state index is 13.3. The van der Waals surface area contributed by atoms with Gasteiger partial charge >= 0.3 is 6.18 Å². The summed E-state index contributed by atoms with van der Waals surface area (Å²) in [5.74, 6) is -0.387. The predicted molar refractivity (Wildman–Crippen MR) is 65.2 cm³/mol. The molecular weight excluding hydrogens is 258 g/mol. The van der Waals surface area contributed by atoms with Crippen LogP contribution in [0.3, 0.4) is 0 Å². The molecular formula is C14H11F4N. The average molecular weight is 269 g/mol. The molecule has 2 rings (SSSR count). The fraction of sp³-hybridized carbons (Fsp3) is 0.143. The van der Waals surface area contributed by atoms with Crippen LogP contribution in [0.15, 0.2) is 48.5 Å². The number of hydrogen-bond donors (Lipinski definition) is 1. The molecule has 0 spiro atoms. The smallest absolute Gasteiger partial charge is 0.381 e. The molecule has 0 saturated carbocycles. The van der Waals surface area contributed by atoms with Crippen LogP contribution >= 0.6 is 0 Å². The van der Waals surface area contributed by atoms with E-state index >= 15 is 0 Å². The van der Waals surface area contributed by atoms with Gasteiger partial charge in [0.1, 0.15) is 5.82 Å². The van der Waals surface area contributed by atoms with Crippen molar-refractivity contribution in [2.45, 2.75) is 12.7 Å². The van der Waals surface area contributed by atoms with E-state index in [1.54, 1.807) is 18.2 Å². The summed E-state index contributed by atoms with van der Waals surface area (Å²) >= 11 is 0. The number of nitrogens with one attached hydrogen (secondary N) is 1. The lowest BCUT2D eigenvalue weighted by Crippen LogP contribution is -2.06. The largest absolute Gasteiger partial charge is 0.416 e. The monoisotopic (exact) mass is 269 g/mol. The zero-order valence-electron chi connectivity index (χ0n) is 9.84. The van der Waals surface area contributed by atoms with Crippen LogP contribution in [0.1, 0.15) is 11.1 Å². The molecule has 0 saturated heterocycles. The van der Waals surface area contributed by atoms with Crippen molar-refractivity contribution in [2.24, 2.45) is 0 Å². The van der Waals surface area contributed by atoms with E-state index < -0.39 is 11.7 Å². The molecule has 0 amide bonds. The van der Waals surface area contributed by atoms with E-state index in [2.05, 4.69) is 5.32 Å². The van der Waals surface area contributed by atoms with Crippen molar-refractivity contribution in [3.63, 3.8) is 0 Å². The molecule has 0 bridgehead atoms. The molecule has 0 aliphatic rings. The molecule has 0 atom stereocenters. The van der Waals surface area contributed by atoms with Gasteiger partial charge in [-0.05, 0) is 24.3 Å². The fourth-order valence-electron chi connectivity index (χ4n) is 1.64. The molecule has 0 aromatic heterocycles. The Morgan fingerprint density at radius 3 is 2.37 bits per heavy atom. The predicted octanol–water partition coefficient (Wildman–Crippen LogP) is 4.46. The van der Waals surface area contributed by atoms with Gasteiger partial charge in [-0.3, -0.25) is 0 Å². The van der Waals surface area contributed by atoms with E-state index in [4.69, 9.17) is 0 Å². The molecule has 1 N–H and O–H groups in total. The van der Waals surface area contributed by atoms with Gasteiger partial charge in [0.25, 0.3) is 0 Å². The minimum atomic E-state index is -4.38. The van der Waals surface area contributed by atoms with E-state index in [0.717, 1.165) is 12.1 Å².